The van der Waals surface area contributed by atoms with Crippen molar-refractivity contribution in [1.82, 2.24) is 0 Å². The number of unbranched alkanes of at least 4 members (excludes halogenated alkanes) is 1. The van der Waals surface area contributed by atoms with Gasteiger partial charge in [-0.15, -0.1) is 0 Å². The number of aliphatic hydroxyl groups excluding tert-OH is 2. The van der Waals surface area contributed by atoms with Gasteiger partial charge in [0.25, 0.3) is 0 Å². The highest BCUT2D eigenvalue weighted by Crippen LogP contribution is 2.28. The van der Waals surface area contributed by atoms with E-state index in [1.54, 1.807) is 14.2 Å². The number of benzene rings is 2. The molecular weight excluding hydrogens is 404 g/mol. The molecular formula is C27H38O5. The van der Waals surface area contributed by atoms with E-state index in [2.05, 4.69) is 12.1 Å². The van der Waals surface area contributed by atoms with E-state index in [0.717, 1.165) is 37.7 Å². The number of hydrogen-bond donors (Lipinski definition) is 2. The molecule has 176 valence electrons. The minimum atomic E-state index is -0.593. The maximum atomic E-state index is 12.3. The summed E-state index contributed by atoms with van der Waals surface area (Å²) in [7, 11) is 3.19. The third-order valence-corrected chi connectivity index (χ3v) is 5.95. The fourth-order valence-corrected chi connectivity index (χ4v) is 3.94. The highest BCUT2D eigenvalue weighted by molar-refractivity contribution is 5.79. The van der Waals surface area contributed by atoms with E-state index in [-0.39, 0.29) is 24.7 Å². The van der Waals surface area contributed by atoms with Crippen LogP contribution in [0.3, 0.4) is 0 Å². The molecule has 32 heavy (non-hydrogen) atoms. The number of methoxy groups -OCH3 is 2. The molecule has 5 heteroatoms. The summed E-state index contributed by atoms with van der Waals surface area (Å²) >= 11 is 0. The molecule has 0 aliphatic heterocycles. The molecule has 2 unspecified atom stereocenters. The molecule has 0 amide bonds. The maximum Gasteiger partial charge on any atom is 0.160 e. The van der Waals surface area contributed by atoms with Crippen LogP contribution in [0, 0.1) is 5.92 Å². The van der Waals surface area contributed by atoms with Gasteiger partial charge in [-0.3, -0.25) is 4.79 Å². The first-order valence-electron chi connectivity index (χ1n) is 11.6. The number of carbonyl (C=O) groups excluding carboxylic acids is 1. The molecule has 0 spiro atoms. The van der Waals surface area contributed by atoms with Crippen molar-refractivity contribution in [3.63, 3.8) is 0 Å². The van der Waals surface area contributed by atoms with Crippen LogP contribution in [0.15, 0.2) is 48.5 Å². The molecule has 5 nitrogen and oxygen atoms in total. The summed E-state index contributed by atoms with van der Waals surface area (Å²) in [6, 6.07) is 16.0. The minimum absolute atomic E-state index is 0.0726. The summed E-state index contributed by atoms with van der Waals surface area (Å²) in [5.41, 5.74) is 2.31. The van der Waals surface area contributed by atoms with E-state index in [1.807, 2.05) is 36.4 Å². The first kappa shape index (κ1) is 25.9. The molecule has 0 aromatic heterocycles. The zero-order valence-electron chi connectivity index (χ0n) is 19.5. The monoisotopic (exact) mass is 442 g/mol. The van der Waals surface area contributed by atoms with Crippen LogP contribution in [0.1, 0.15) is 56.1 Å². The number of aryl methyl sites for hydroxylation is 2. The largest absolute Gasteiger partial charge is 0.493 e. The van der Waals surface area contributed by atoms with E-state index < -0.39 is 6.10 Å². The molecule has 0 heterocycles. The zero-order chi connectivity index (χ0) is 23.2. The Kier molecular flexibility index (Phi) is 11.8. The summed E-state index contributed by atoms with van der Waals surface area (Å²) in [5, 5.41) is 19.9. The van der Waals surface area contributed by atoms with Crippen molar-refractivity contribution < 1.29 is 24.5 Å². The van der Waals surface area contributed by atoms with Crippen LogP contribution in [0.25, 0.3) is 0 Å². The van der Waals surface area contributed by atoms with E-state index in [1.165, 1.54) is 5.56 Å². The zero-order valence-corrected chi connectivity index (χ0v) is 19.5. The van der Waals surface area contributed by atoms with Gasteiger partial charge in [-0.25, -0.2) is 0 Å². The Balaban J connectivity index is 1.61. The third kappa shape index (κ3) is 9.41. The first-order valence-corrected chi connectivity index (χ1v) is 11.6. The Morgan fingerprint density at radius 1 is 0.875 bits per heavy atom. The second-order valence-electron chi connectivity index (χ2n) is 8.44. The van der Waals surface area contributed by atoms with Crippen LogP contribution in [0.4, 0.5) is 0 Å². The van der Waals surface area contributed by atoms with Crippen molar-refractivity contribution in [3.8, 4) is 11.5 Å². The Morgan fingerprint density at radius 2 is 1.59 bits per heavy atom. The summed E-state index contributed by atoms with van der Waals surface area (Å²) in [4.78, 5) is 12.3. The number of aliphatic hydroxyl groups is 2. The van der Waals surface area contributed by atoms with Crippen molar-refractivity contribution in [2.45, 2.75) is 63.9 Å². The summed E-state index contributed by atoms with van der Waals surface area (Å²) in [6.45, 7) is 0.198. The van der Waals surface area contributed by atoms with Crippen LogP contribution in [-0.2, 0) is 17.6 Å². The van der Waals surface area contributed by atoms with Crippen LogP contribution in [-0.4, -0.2) is 42.9 Å². The number of rotatable bonds is 16. The van der Waals surface area contributed by atoms with Crippen LogP contribution >= 0.6 is 0 Å². The quantitative estimate of drug-likeness (QED) is 0.367. The minimum Gasteiger partial charge on any atom is -0.493 e. The number of hydrogen-bond acceptors (Lipinski definition) is 5. The molecule has 2 rings (SSSR count). The smallest absolute Gasteiger partial charge is 0.160 e. The van der Waals surface area contributed by atoms with Crippen LogP contribution < -0.4 is 9.47 Å². The number of carbonyl (C=O) groups is 1. The normalized spacial score (nSPS) is 12.9. The first-order chi connectivity index (χ1) is 15.5. The van der Waals surface area contributed by atoms with Gasteiger partial charge in [-0.2, -0.15) is 0 Å². The van der Waals surface area contributed by atoms with Crippen molar-refractivity contribution in [2.75, 3.05) is 20.8 Å². The number of ether oxygens (including phenoxy) is 2. The van der Waals surface area contributed by atoms with Crippen LogP contribution in [0.2, 0.25) is 0 Å². The van der Waals surface area contributed by atoms with Crippen molar-refractivity contribution in [1.29, 1.82) is 0 Å². The molecule has 0 fully saturated rings. The lowest BCUT2D eigenvalue weighted by Crippen LogP contribution is -2.14. The molecule has 0 aliphatic carbocycles. The van der Waals surface area contributed by atoms with E-state index in [0.29, 0.717) is 30.8 Å². The van der Waals surface area contributed by atoms with Gasteiger partial charge >= 0.3 is 0 Å². The van der Waals surface area contributed by atoms with Gasteiger partial charge in [0.1, 0.15) is 5.78 Å². The average Bonchev–Trinajstić information content (AvgIpc) is 2.82. The van der Waals surface area contributed by atoms with E-state index in [4.69, 9.17) is 9.47 Å². The number of ketones is 1. The summed E-state index contributed by atoms with van der Waals surface area (Å²) in [6.07, 6.45) is 5.96. The molecule has 0 aliphatic rings. The highest BCUT2D eigenvalue weighted by Gasteiger charge is 2.13. The lowest BCUT2D eigenvalue weighted by Gasteiger charge is -2.15. The molecule has 2 aromatic carbocycles. The van der Waals surface area contributed by atoms with Crippen molar-refractivity contribution in [2.24, 2.45) is 5.92 Å². The predicted octanol–water partition coefficient (Wildman–Crippen LogP) is 4.76. The van der Waals surface area contributed by atoms with Crippen molar-refractivity contribution >= 4 is 5.78 Å². The van der Waals surface area contributed by atoms with Gasteiger partial charge in [-0.05, 0) is 61.3 Å². The third-order valence-electron chi connectivity index (χ3n) is 5.95. The Labute approximate surface area is 192 Å². The average molecular weight is 443 g/mol. The molecule has 0 saturated heterocycles. The summed E-state index contributed by atoms with van der Waals surface area (Å²) < 4.78 is 10.5. The van der Waals surface area contributed by atoms with Gasteiger partial charge in [0.2, 0.25) is 0 Å². The molecule has 0 bridgehead atoms. The SMILES string of the molecule is COc1ccc(CCC(=O)CC(O)CCCCC(CO)CCc2ccccc2)cc1OC. The van der Waals surface area contributed by atoms with E-state index >= 15 is 0 Å². The second kappa shape index (κ2) is 14.6. The molecule has 2 atom stereocenters. The van der Waals surface area contributed by atoms with Gasteiger partial charge in [0.15, 0.2) is 11.5 Å². The van der Waals surface area contributed by atoms with Gasteiger partial charge in [0, 0.05) is 19.4 Å². The maximum absolute atomic E-state index is 12.3. The standard InChI is InChI=1S/C27H38O5/c1-31-26-17-15-22(18-27(26)32-2)14-16-25(30)19-24(29)11-7-6-10-23(20-28)13-12-21-8-4-3-5-9-21/h3-5,8-9,15,17-18,23-24,28-29H,6-7,10-14,16,19-20H2,1-2H3. The summed E-state index contributed by atoms with van der Waals surface area (Å²) in [5.74, 6) is 1.68. The second-order valence-corrected chi connectivity index (χ2v) is 8.44. The molecule has 0 radical (unpaired) electrons. The highest BCUT2D eigenvalue weighted by atomic mass is 16.5. The van der Waals surface area contributed by atoms with Gasteiger partial charge in [0.05, 0.1) is 20.3 Å². The molecule has 0 saturated carbocycles. The van der Waals surface area contributed by atoms with Gasteiger partial charge < -0.3 is 19.7 Å². The fourth-order valence-electron chi connectivity index (χ4n) is 3.94. The number of Topliss-reactive ketones (excluding diaryl/α,β-unsaturated/α-hetero) is 1. The Hall–Kier alpha value is -2.37. The fraction of sp³-hybridized carbons (Fsp3) is 0.519. The molecule has 2 aromatic rings. The lowest BCUT2D eigenvalue weighted by molar-refractivity contribution is -0.121. The molecule has 2 N–H and O–H groups in total. The Bertz CT molecular complexity index is 790. The lowest BCUT2D eigenvalue weighted by atomic mass is 9.94. The van der Waals surface area contributed by atoms with Gasteiger partial charge in [-0.1, -0.05) is 49.2 Å². The Morgan fingerprint density at radius 3 is 2.28 bits per heavy atom. The van der Waals surface area contributed by atoms with Crippen molar-refractivity contribution in [3.05, 3.63) is 59.7 Å². The topological polar surface area (TPSA) is 76.0 Å². The predicted molar refractivity (Wildman–Crippen MR) is 127 cm³/mol. The van der Waals surface area contributed by atoms with E-state index in [9.17, 15) is 15.0 Å². The van der Waals surface area contributed by atoms with Crippen LogP contribution in [0.5, 0.6) is 11.5 Å².